The van der Waals surface area contributed by atoms with Crippen LogP contribution in [0, 0.1) is 0 Å². The molecule has 0 unspecified atom stereocenters. The Labute approximate surface area is 126 Å². The predicted octanol–water partition coefficient (Wildman–Crippen LogP) is 1.69. The van der Waals surface area contributed by atoms with E-state index in [1.165, 1.54) is 12.1 Å². The SMILES string of the molecule is C[C@H]1CC(=O)NCCN1c1ccc(S(=O)(=O)C(F)(F)F)cc1. The minimum Gasteiger partial charge on any atom is -0.367 e. The van der Waals surface area contributed by atoms with Crippen LogP contribution in [0.1, 0.15) is 13.3 Å². The zero-order valence-corrected chi connectivity index (χ0v) is 12.5. The third kappa shape index (κ3) is 3.18. The van der Waals surface area contributed by atoms with Crippen LogP contribution >= 0.6 is 0 Å². The summed E-state index contributed by atoms with van der Waals surface area (Å²) in [4.78, 5) is 12.5. The Hall–Kier alpha value is -1.77. The van der Waals surface area contributed by atoms with Crippen LogP contribution in [-0.4, -0.2) is 39.0 Å². The first-order valence-electron chi connectivity index (χ1n) is 6.57. The smallest absolute Gasteiger partial charge is 0.367 e. The minimum absolute atomic E-state index is 0.0914. The molecule has 5 nitrogen and oxygen atoms in total. The number of alkyl halides is 3. The van der Waals surface area contributed by atoms with Gasteiger partial charge >= 0.3 is 5.51 Å². The number of nitrogens with zero attached hydrogens (tertiary/aromatic N) is 1. The van der Waals surface area contributed by atoms with Crippen molar-refractivity contribution in [2.45, 2.75) is 29.8 Å². The quantitative estimate of drug-likeness (QED) is 0.893. The molecule has 1 amide bonds. The molecule has 2 rings (SSSR count). The van der Waals surface area contributed by atoms with Gasteiger partial charge < -0.3 is 10.2 Å². The molecule has 122 valence electrons. The van der Waals surface area contributed by atoms with Crippen LogP contribution in [0.3, 0.4) is 0 Å². The number of halogens is 3. The normalized spacial score (nSPS) is 20.5. The van der Waals surface area contributed by atoms with Gasteiger partial charge in [-0.05, 0) is 31.2 Å². The van der Waals surface area contributed by atoms with E-state index in [1.54, 1.807) is 0 Å². The van der Waals surface area contributed by atoms with Gasteiger partial charge in [-0.2, -0.15) is 13.2 Å². The molecular weight excluding hydrogens is 321 g/mol. The van der Waals surface area contributed by atoms with E-state index in [0.717, 1.165) is 12.1 Å². The maximum Gasteiger partial charge on any atom is 0.501 e. The lowest BCUT2D eigenvalue weighted by Crippen LogP contribution is -2.34. The number of hydrogen-bond acceptors (Lipinski definition) is 4. The summed E-state index contributed by atoms with van der Waals surface area (Å²) in [7, 11) is -5.34. The van der Waals surface area contributed by atoms with Gasteiger partial charge in [-0.15, -0.1) is 0 Å². The summed E-state index contributed by atoms with van der Waals surface area (Å²) in [6.07, 6.45) is 0.266. The van der Waals surface area contributed by atoms with Crippen molar-refractivity contribution in [2.75, 3.05) is 18.0 Å². The van der Waals surface area contributed by atoms with E-state index < -0.39 is 20.2 Å². The van der Waals surface area contributed by atoms with Crippen LogP contribution in [0.5, 0.6) is 0 Å². The summed E-state index contributed by atoms with van der Waals surface area (Å²) >= 11 is 0. The Kier molecular flexibility index (Phi) is 4.37. The fourth-order valence-electron chi connectivity index (χ4n) is 2.32. The molecule has 1 aliphatic heterocycles. The van der Waals surface area contributed by atoms with E-state index in [2.05, 4.69) is 5.32 Å². The fraction of sp³-hybridized carbons (Fsp3) is 0.462. The second-order valence-electron chi connectivity index (χ2n) is 5.04. The van der Waals surface area contributed by atoms with Crippen LogP contribution in [-0.2, 0) is 14.6 Å². The van der Waals surface area contributed by atoms with E-state index in [-0.39, 0.29) is 18.4 Å². The van der Waals surface area contributed by atoms with Gasteiger partial charge in [-0.25, -0.2) is 8.42 Å². The fourth-order valence-corrected chi connectivity index (χ4v) is 3.08. The molecule has 1 heterocycles. The third-order valence-electron chi connectivity index (χ3n) is 3.47. The van der Waals surface area contributed by atoms with Crippen molar-refractivity contribution in [3.05, 3.63) is 24.3 Å². The summed E-state index contributed by atoms with van der Waals surface area (Å²) in [5.41, 5.74) is -4.74. The number of amides is 1. The average molecular weight is 336 g/mol. The Balaban J connectivity index is 2.27. The topological polar surface area (TPSA) is 66.5 Å². The maximum atomic E-state index is 12.5. The van der Waals surface area contributed by atoms with Crippen LogP contribution in [0.25, 0.3) is 0 Å². The average Bonchev–Trinajstić information content (AvgIpc) is 2.58. The summed E-state index contributed by atoms with van der Waals surface area (Å²) in [6, 6.07) is 4.39. The van der Waals surface area contributed by atoms with Crippen molar-refractivity contribution in [1.29, 1.82) is 0 Å². The Morgan fingerprint density at radius 2 is 1.82 bits per heavy atom. The van der Waals surface area contributed by atoms with E-state index in [9.17, 15) is 26.4 Å². The zero-order chi connectivity index (χ0) is 16.5. The summed E-state index contributed by atoms with van der Waals surface area (Å²) < 4.78 is 60.1. The first-order valence-corrected chi connectivity index (χ1v) is 8.06. The van der Waals surface area contributed by atoms with Crippen LogP contribution in [0.4, 0.5) is 18.9 Å². The molecule has 0 spiro atoms. The molecule has 0 aromatic heterocycles. The first-order chi connectivity index (χ1) is 10.1. The molecule has 1 aromatic carbocycles. The number of benzene rings is 1. The monoisotopic (exact) mass is 336 g/mol. The predicted molar refractivity (Wildman–Crippen MR) is 74.1 cm³/mol. The number of sulfone groups is 1. The number of nitrogens with one attached hydrogen (secondary N) is 1. The summed E-state index contributed by atoms with van der Waals surface area (Å²) in [5.74, 6) is -0.0914. The molecule has 1 atom stereocenters. The number of carbonyl (C=O) groups excluding carboxylic acids is 1. The van der Waals surface area contributed by atoms with Gasteiger partial charge in [-0.1, -0.05) is 0 Å². The molecule has 1 fully saturated rings. The second-order valence-corrected chi connectivity index (χ2v) is 6.98. The summed E-state index contributed by atoms with van der Waals surface area (Å²) in [6.45, 7) is 2.75. The van der Waals surface area contributed by atoms with E-state index >= 15 is 0 Å². The molecular formula is C13H15F3N2O3S. The Bertz CT molecular complexity index is 656. The highest BCUT2D eigenvalue weighted by atomic mass is 32.2. The largest absolute Gasteiger partial charge is 0.501 e. The van der Waals surface area contributed by atoms with E-state index in [0.29, 0.717) is 18.8 Å². The molecule has 1 N–H and O–H groups in total. The summed E-state index contributed by atoms with van der Waals surface area (Å²) in [5, 5.41) is 2.70. The van der Waals surface area contributed by atoms with Crippen molar-refractivity contribution >= 4 is 21.4 Å². The molecule has 0 aliphatic carbocycles. The van der Waals surface area contributed by atoms with Crippen LogP contribution < -0.4 is 10.2 Å². The molecule has 0 saturated carbocycles. The van der Waals surface area contributed by atoms with E-state index in [4.69, 9.17) is 0 Å². The van der Waals surface area contributed by atoms with Crippen molar-refractivity contribution in [3.63, 3.8) is 0 Å². The highest BCUT2D eigenvalue weighted by molar-refractivity contribution is 7.92. The number of carbonyl (C=O) groups is 1. The van der Waals surface area contributed by atoms with Gasteiger partial charge in [0.05, 0.1) is 4.90 Å². The van der Waals surface area contributed by atoms with Crippen LogP contribution in [0.2, 0.25) is 0 Å². The lowest BCUT2D eigenvalue weighted by molar-refractivity contribution is -0.120. The molecule has 1 saturated heterocycles. The Morgan fingerprint density at radius 1 is 1.23 bits per heavy atom. The minimum atomic E-state index is -5.34. The van der Waals surface area contributed by atoms with Gasteiger partial charge in [0, 0.05) is 31.2 Å². The van der Waals surface area contributed by atoms with Gasteiger partial charge in [0.25, 0.3) is 9.84 Å². The van der Waals surface area contributed by atoms with Gasteiger partial charge in [0.15, 0.2) is 0 Å². The third-order valence-corrected chi connectivity index (χ3v) is 4.97. The lowest BCUT2D eigenvalue weighted by atomic mass is 10.2. The number of rotatable bonds is 2. The maximum absolute atomic E-state index is 12.5. The number of hydrogen-bond donors (Lipinski definition) is 1. The molecule has 9 heteroatoms. The first kappa shape index (κ1) is 16.6. The molecule has 0 bridgehead atoms. The van der Waals surface area contributed by atoms with Crippen molar-refractivity contribution in [1.82, 2.24) is 5.32 Å². The van der Waals surface area contributed by atoms with Crippen LogP contribution in [0.15, 0.2) is 29.2 Å². The zero-order valence-electron chi connectivity index (χ0n) is 11.7. The lowest BCUT2D eigenvalue weighted by Gasteiger charge is -2.28. The van der Waals surface area contributed by atoms with Crippen molar-refractivity contribution in [2.24, 2.45) is 0 Å². The van der Waals surface area contributed by atoms with E-state index in [1.807, 2.05) is 11.8 Å². The number of anilines is 1. The highest BCUT2D eigenvalue weighted by Crippen LogP contribution is 2.31. The molecule has 1 aromatic rings. The Morgan fingerprint density at radius 3 is 2.36 bits per heavy atom. The molecule has 22 heavy (non-hydrogen) atoms. The standard InChI is InChI=1S/C13H15F3N2O3S/c1-9-8-12(19)17-6-7-18(9)10-2-4-11(5-3-10)22(20,21)13(14,15)16/h2-5,9H,6-8H2,1H3,(H,17,19)/t9-/m0/s1. The van der Waals surface area contributed by atoms with Crippen molar-refractivity contribution < 1.29 is 26.4 Å². The van der Waals surface area contributed by atoms with Gasteiger partial charge in [0.2, 0.25) is 5.91 Å². The van der Waals surface area contributed by atoms with Gasteiger partial charge in [0.1, 0.15) is 0 Å². The second kappa shape index (κ2) is 5.79. The molecule has 0 radical (unpaired) electrons. The van der Waals surface area contributed by atoms with Crippen molar-refractivity contribution in [3.8, 4) is 0 Å². The molecule has 1 aliphatic rings. The van der Waals surface area contributed by atoms with Gasteiger partial charge in [-0.3, -0.25) is 4.79 Å². The highest BCUT2D eigenvalue weighted by Gasteiger charge is 2.46.